The molecule has 3 nitrogen and oxygen atoms in total. The van der Waals surface area contributed by atoms with Crippen LogP contribution >= 0.6 is 0 Å². The highest BCUT2D eigenvalue weighted by Gasteiger charge is 1.93. The van der Waals surface area contributed by atoms with Crippen molar-refractivity contribution in [1.29, 1.82) is 5.26 Å². The maximum atomic E-state index is 8.91. The number of hydrogen-bond acceptors (Lipinski definition) is 3. The van der Waals surface area contributed by atoms with Gasteiger partial charge in [-0.3, -0.25) is 0 Å². The SMILES string of the molecule is CC(O)CCNCCCCC#N. The van der Waals surface area contributed by atoms with Gasteiger partial charge in [0.05, 0.1) is 12.2 Å². The van der Waals surface area contributed by atoms with E-state index in [0.717, 1.165) is 32.4 Å². The molecule has 70 valence electrons. The van der Waals surface area contributed by atoms with Gasteiger partial charge in [0, 0.05) is 6.42 Å². The molecule has 1 unspecified atom stereocenters. The Labute approximate surface area is 74.4 Å². The number of nitrogens with one attached hydrogen (secondary N) is 1. The first-order valence-electron chi connectivity index (χ1n) is 4.53. The van der Waals surface area contributed by atoms with E-state index in [9.17, 15) is 0 Å². The van der Waals surface area contributed by atoms with Gasteiger partial charge in [0.25, 0.3) is 0 Å². The molecular formula is C9H18N2O. The van der Waals surface area contributed by atoms with Gasteiger partial charge in [-0.05, 0) is 39.3 Å². The number of aliphatic hydroxyl groups is 1. The molecule has 0 aromatic heterocycles. The third kappa shape index (κ3) is 9.41. The molecule has 1 atom stereocenters. The van der Waals surface area contributed by atoms with E-state index in [1.54, 1.807) is 6.92 Å². The monoisotopic (exact) mass is 170 g/mol. The van der Waals surface area contributed by atoms with Crippen molar-refractivity contribution in [3.05, 3.63) is 0 Å². The van der Waals surface area contributed by atoms with Crippen molar-refractivity contribution in [3.8, 4) is 6.07 Å². The van der Waals surface area contributed by atoms with Crippen LogP contribution in [0.1, 0.15) is 32.6 Å². The van der Waals surface area contributed by atoms with Gasteiger partial charge < -0.3 is 10.4 Å². The first kappa shape index (κ1) is 11.4. The Kier molecular flexibility index (Phi) is 8.09. The predicted octanol–water partition coefficient (Wildman–Crippen LogP) is 1.04. The van der Waals surface area contributed by atoms with Crippen LogP contribution in [0.2, 0.25) is 0 Å². The van der Waals surface area contributed by atoms with Crippen LogP contribution in [0, 0.1) is 11.3 Å². The second kappa shape index (κ2) is 8.51. The van der Waals surface area contributed by atoms with Crippen LogP contribution in [-0.4, -0.2) is 24.3 Å². The fraction of sp³-hybridized carbons (Fsp3) is 0.889. The Balaban J connectivity index is 2.87. The Morgan fingerprint density at radius 3 is 2.75 bits per heavy atom. The second-order valence-corrected chi connectivity index (χ2v) is 3.00. The van der Waals surface area contributed by atoms with E-state index in [0.29, 0.717) is 6.42 Å². The molecule has 0 heterocycles. The van der Waals surface area contributed by atoms with Crippen LogP contribution < -0.4 is 5.32 Å². The molecule has 0 spiro atoms. The molecule has 0 rings (SSSR count). The number of nitrogens with zero attached hydrogens (tertiary/aromatic N) is 1. The fourth-order valence-corrected chi connectivity index (χ4v) is 0.890. The van der Waals surface area contributed by atoms with E-state index in [1.807, 2.05) is 0 Å². The third-order valence-electron chi connectivity index (χ3n) is 1.63. The molecule has 3 heteroatoms. The summed E-state index contributed by atoms with van der Waals surface area (Å²) < 4.78 is 0. The molecule has 2 N–H and O–H groups in total. The first-order chi connectivity index (χ1) is 5.77. The summed E-state index contributed by atoms with van der Waals surface area (Å²) in [7, 11) is 0. The highest BCUT2D eigenvalue weighted by atomic mass is 16.3. The van der Waals surface area contributed by atoms with E-state index in [1.165, 1.54) is 0 Å². The van der Waals surface area contributed by atoms with Gasteiger partial charge in [0.2, 0.25) is 0 Å². The number of nitriles is 1. The summed E-state index contributed by atoms with van der Waals surface area (Å²) in [6, 6.07) is 2.11. The maximum Gasteiger partial charge on any atom is 0.0621 e. The number of aliphatic hydroxyl groups excluding tert-OH is 1. The molecule has 0 aromatic rings. The lowest BCUT2D eigenvalue weighted by molar-refractivity contribution is 0.184. The highest BCUT2D eigenvalue weighted by molar-refractivity contribution is 4.68. The van der Waals surface area contributed by atoms with E-state index >= 15 is 0 Å². The zero-order valence-electron chi connectivity index (χ0n) is 7.71. The van der Waals surface area contributed by atoms with Gasteiger partial charge in [-0.2, -0.15) is 5.26 Å². The van der Waals surface area contributed by atoms with Crippen molar-refractivity contribution in [2.45, 2.75) is 38.7 Å². The van der Waals surface area contributed by atoms with Crippen molar-refractivity contribution in [2.75, 3.05) is 13.1 Å². The summed E-state index contributed by atoms with van der Waals surface area (Å²) in [4.78, 5) is 0. The van der Waals surface area contributed by atoms with E-state index in [2.05, 4.69) is 11.4 Å². The predicted molar refractivity (Wildman–Crippen MR) is 48.6 cm³/mol. The molecule has 0 saturated carbocycles. The van der Waals surface area contributed by atoms with Crippen LogP contribution in [0.5, 0.6) is 0 Å². The van der Waals surface area contributed by atoms with Crippen molar-refractivity contribution < 1.29 is 5.11 Å². The lowest BCUT2D eigenvalue weighted by atomic mass is 10.2. The standard InChI is InChI=1S/C9H18N2O/c1-9(12)5-8-11-7-4-2-3-6-10/h9,11-12H,2-5,7-8H2,1H3. The van der Waals surface area contributed by atoms with Gasteiger partial charge in [-0.25, -0.2) is 0 Å². The Morgan fingerprint density at radius 1 is 1.42 bits per heavy atom. The molecule has 0 aromatic carbocycles. The largest absolute Gasteiger partial charge is 0.393 e. The topological polar surface area (TPSA) is 56.0 Å². The van der Waals surface area contributed by atoms with Crippen molar-refractivity contribution in [2.24, 2.45) is 0 Å². The van der Waals surface area contributed by atoms with Gasteiger partial charge in [0.15, 0.2) is 0 Å². The van der Waals surface area contributed by atoms with Crippen LogP contribution in [0.4, 0.5) is 0 Å². The number of hydrogen-bond donors (Lipinski definition) is 2. The molecule has 0 bridgehead atoms. The van der Waals surface area contributed by atoms with Gasteiger partial charge in [-0.15, -0.1) is 0 Å². The Bertz CT molecular complexity index is 129. The average Bonchev–Trinajstić information content (AvgIpc) is 2.02. The van der Waals surface area contributed by atoms with Crippen molar-refractivity contribution >= 4 is 0 Å². The van der Waals surface area contributed by atoms with Crippen molar-refractivity contribution in [3.63, 3.8) is 0 Å². The molecule has 0 aliphatic heterocycles. The zero-order valence-corrected chi connectivity index (χ0v) is 7.71. The lowest BCUT2D eigenvalue weighted by Crippen LogP contribution is -2.20. The zero-order chi connectivity index (χ0) is 9.23. The van der Waals surface area contributed by atoms with Gasteiger partial charge in [0.1, 0.15) is 0 Å². The third-order valence-corrected chi connectivity index (χ3v) is 1.63. The fourth-order valence-electron chi connectivity index (χ4n) is 0.890. The summed E-state index contributed by atoms with van der Waals surface area (Å²) >= 11 is 0. The molecule has 0 aliphatic carbocycles. The summed E-state index contributed by atoms with van der Waals surface area (Å²) in [5.74, 6) is 0. The normalized spacial score (nSPS) is 12.4. The van der Waals surface area contributed by atoms with Gasteiger partial charge in [-0.1, -0.05) is 0 Å². The lowest BCUT2D eigenvalue weighted by Gasteiger charge is -2.05. The van der Waals surface area contributed by atoms with Crippen LogP contribution in [0.15, 0.2) is 0 Å². The summed E-state index contributed by atoms with van der Waals surface area (Å²) in [6.07, 6.45) is 3.26. The second-order valence-electron chi connectivity index (χ2n) is 3.00. The number of unbranched alkanes of at least 4 members (excludes halogenated alkanes) is 2. The summed E-state index contributed by atoms with van der Waals surface area (Å²) in [5, 5.41) is 20.4. The van der Waals surface area contributed by atoms with E-state index in [-0.39, 0.29) is 6.10 Å². The summed E-state index contributed by atoms with van der Waals surface area (Å²) in [6.45, 7) is 3.61. The molecule has 0 amide bonds. The van der Waals surface area contributed by atoms with Crippen molar-refractivity contribution in [1.82, 2.24) is 5.32 Å². The minimum atomic E-state index is -0.211. The van der Waals surface area contributed by atoms with E-state index < -0.39 is 0 Å². The molecular weight excluding hydrogens is 152 g/mol. The molecule has 0 aliphatic rings. The Hall–Kier alpha value is -0.590. The quantitative estimate of drug-likeness (QED) is 0.561. The summed E-state index contributed by atoms with van der Waals surface area (Å²) in [5.41, 5.74) is 0. The van der Waals surface area contributed by atoms with Crippen LogP contribution in [0.25, 0.3) is 0 Å². The number of rotatable bonds is 7. The molecule has 12 heavy (non-hydrogen) atoms. The molecule has 0 radical (unpaired) electrons. The minimum Gasteiger partial charge on any atom is -0.393 e. The maximum absolute atomic E-state index is 8.91. The first-order valence-corrected chi connectivity index (χ1v) is 4.53. The van der Waals surface area contributed by atoms with E-state index in [4.69, 9.17) is 10.4 Å². The average molecular weight is 170 g/mol. The highest BCUT2D eigenvalue weighted by Crippen LogP contribution is 1.92. The molecule has 0 saturated heterocycles. The van der Waals surface area contributed by atoms with Gasteiger partial charge >= 0.3 is 0 Å². The minimum absolute atomic E-state index is 0.211. The van der Waals surface area contributed by atoms with Crippen LogP contribution in [0.3, 0.4) is 0 Å². The Morgan fingerprint density at radius 2 is 2.17 bits per heavy atom. The molecule has 0 fully saturated rings. The smallest absolute Gasteiger partial charge is 0.0621 e. The van der Waals surface area contributed by atoms with Crippen LogP contribution in [-0.2, 0) is 0 Å².